The fourth-order valence-electron chi connectivity index (χ4n) is 10.1. The predicted molar refractivity (Wildman–Crippen MR) is 297 cm³/mol. The number of aromatic nitrogens is 4. The molecule has 0 aliphatic carbocycles. The van der Waals surface area contributed by atoms with Gasteiger partial charge >= 0.3 is 0 Å². The Morgan fingerprint density at radius 3 is 1.85 bits per heavy atom. The van der Waals surface area contributed by atoms with Crippen molar-refractivity contribution in [1.29, 1.82) is 0 Å². The Morgan fingerprint density at radius 2 is 1.18 bits per heavy atom. The van der Waals surface area contributed by atoms with E-state index in [-0.39, 0.29) is 42.7 Å². The van der Waals surface area contributed by atoms with Gasteiger partial charge in [0, 0.05) is 61.3 Å². The third-order valence-electron chi connectivity index (χ3n) is 14.7. The Morgan fingerprint density at radius 1 is 0.548 bits per heavy atom. The Balaban J connectivity index is 0.00000656. The van der Waals surface area contributed by atoms with Crippen molar-refractivity contribution in [3.8, 4) is 39.8 Å². The maximum atomic E-state index is 7.02. The van der Waals surface area contributed by atoms with Crippen molar-refractivity contribution in [2.45, 2.75) is 111 Å². The van der Waals surface area contributed by atoms with Crippen molar-refractivity contribution in [2.75, 3.05) is 0 Å². The van der Waals surface area contributed by atoms with E-state index in [1.54, 1.807) is 0 Å². The smallest absolute Gasteiger partial charge is 0.267 e. The Kier molecular flexibility index (Phi) is 13.7. The van der Waals surface area contributed by atoms with Crippen LogP contribution in [0.2, 0.25) is 0 Å². The zero-order chi connectivity index (χ0) is 50.7. The van der Waals surface area contributed by atoms with Crippen LogP contribution in [0.3, 0.4) is 0 Å². The van der Waals surface area contributed by atoms with Gasteiger partial charge in [0.25, 0.3) is 6.33 Å². The average Bonchev–Trinajstić information content (AvgIpc) is 3.98. The summed E-state index contributed by atoms with van der Waals surface area (Å²) in [6.07, 6.45) is 8.01. The summed E-state index contributed by atoms with van der Waals surface area (Å²) in [5.74, 6) is 2.29. The van der Waals surface area contributed by atoms with Gasteiger partial charge in [0.1, 0.15) is 5.82 Å². The molecule has 3 aromatic heterocycles. The largest absolute Gasteiger partial charge is 0.510 e. The minimum atomic E-state index is -0.260. The maximum absolute atomic E-state index is 7.02. The van der Waals surface area contributed by atoms with Crippen LogP contribution in [-0.2, 0) is 42.7 Å². The van der Waals surface area contributed by atoms with Gasteiger partial charge in [-0.15, -0.1) is 35.2 Å². The summed E-state index contributed by atoms with van der Waals surface area (Å²) >= 11 is 0. The molecule has 5 nitrogen and oxygen atoms in total. The van der Waals surface area contributed by atoms with E-state index in [2.05, 4.69) is 279 Å². The van der Waals surface area contributed by atoms with Crippen LogP contribution in [0.4, 0.5) is 0 Å². The molecular weight excluding hydrogens is 1070 g/mol. The molecule has 0 amide bonds. The second-order valence-electron chi connectivity index (χ2n) is 22.9. The van der Waals surface area contributed by atoms with Gasteiger partial charge in [-0.2, -0.15) is 12.1 Å². The van der Waals surface area contributed by atoms with E-state index >= 15 is 0 Å². The van der Waals surface area contributed by atoms with E-state index < -0.39 is 0 Å². The van der Waals surface area contributed by atoms with Crippen LogP contribution in [0.25, 0.3) is 50.1 Å². The number of para-hydroxylation sites is 1. The number of hydrogen-bond donors (Lipinski definition) is 0. The molecule has 0 spiro atoms. The summed E-state index contributed by atoms with van der Waals surface area (Å²) in [5.41, 5.74) is 13.8. The van der Waals surface area contributed by atoms with Crippen LogP contribution >= 0.6 is 0 Å². The number of fused-ring (bicyclic) bond motifs is 3. The normalized spacial score (nSPS) is 12.4. The molecule has 0 radical (unpaired) electrons. The summed E-state index contributed by atoms with van der Waals surface area (Å²) in [5, 5.41) is 2.20. The number of rotatable bonds is 11. The molecule has 0 N–H and O–H groups in total. The van der Waals surface area contributed by atoms with Crippen molar-refractivity contribution in [3.05, 3.63) is 234 Å². The van der Waals surface area contributed by atoms with Crippen LogP contribution in [0, 0.1) is 18.5 Å². The van der Waals surface area contributed by atoms with E-state index in [4.69, 9.17) is 9.72 Å². The molecule has 0 unspecified atom stereocenters. The average molecular weight is 1140 g/mol. The summed E-state index contributed by atoms with van der Waals surface area (Å²) < 4.78 is 13.6. The van der Waals surface area contributed by atoms with Gasteiger partial charge in [0.05, 0.1) is 11.4 Å². The van der Waals surface area contributed by atoms with Crippen LogP contribution in [0.15, 0.2) is 176 Å². The molecule has 73 heavy (non-hydrogen) atoms. The maximum Gasteiger partial charge on any atom is 0.267 e. The number of nitrogens with zero attached hydrogens (tertiary/aromatic N) is 4. The van der Waals surface area contributed by atoms with Crippen molar-refractivity contribution in [2.24, 2.45) is 0 Å². The third-order valence-corrected chi connectivity index (χ3v) is 14.7. The molecular formula is C67H66N4OPt-2. The summed E-state index contributed by atoms with van der Waals surface area (Å²) in [6, 6.07) is 66.1. The fraction of sp³-hybridized carbons (Fsp3) is 0.254. The van der Waals surface area contributed by atoms with Crippen LogP contribution in [-0.4, -0.2) is 14.1 Å². The topological polar surface area (TPSA) is 35.9 Å². The number of pyridine rings is 1. The number of hydrogen-bond acceptors (Lipinski definition) is 2. The minimum Gasteiger partial charge on any atom is -0.510 e. The molecule has 3 heterocycles. The second-order valence-corrected chi connectivity index (χ2v) is 22.9. The first-order chi connectivity index (χ1) is 34.3. The van der Waals surface area contributed by atoms with Crippen molar-refractivity contribution in [1.82, 2.24) is 14.1 Å². The number of imidazole rings is 1. The fourth-order valence-corrected chi connectivity index (χ4v) is 10.1. The van der Waals surface area contributed by atoms with Gasteiger partial charge < -0.3 is 13.9 Å². The summed E-state index contributed by atoms with van der Waals surface area (Å²) in [6.45, 7) is 27.3. The van der Waals surface area contributed by atoms with Crippen LogP contribution in [0.1, 0.15) is 128 Å². The SMILES string of the molecule is CC(C)c1ccccc1-c1cc(Oc2[c-]c3c(cc2)c2ccccc2n3-c2cc(C(C)(C)c3ccccc3)ccn2)[c-]c(-n2[c-][n+](-c3cc(C(C)(C)C)cc(C(C)(C)c4ccccc4)c3)cc2C(C)(C)C)c1.[Pt]. The first-order valence-electron chi connectivity index (χ1n) is 25.4. The quantitative estimate of drug-likeness (QED) is 0.0956. The van der Waals surface area contributed by atoms with E-state index in [0.29, 0.717) is 17.4 Å². The molecule has 372 valence electrons. The second kappa shape index (κ2) is 19.6. The van der Waals surface area contributed by atoms with E-state index in [9.17, 15) is 0 Å². The van der Waals surface area contributed by atoms with Crippen LogP contribution in [0.5, 0.6) is 11.5 Å². The molecule has 7 aromatic carbocycles. The van der Waals surface area contributed by atoms with E-state index in [1.807, 2.05) is 12.3 Å². The molecule has 0 bridgehead atoms. The monoisotopic (exact) mass is 1140 g/mol. The van der Waals surface area contributed by atoms with Crippen molar-refractivity contribution >= 4 is 21.8 Å². The van der Waals surface area contributed by atoms with E-state index in [1.165, 1.54) is 33.4 Å². The van der Waals surface area contributed by atoms with Gasteiger partial charge in [0.15, 0.2) is 0 Å². The zero-order valence-electron chi connectivity index (χ0n) is 44.3. The van der Waals surface area contributed by atoms with Gasteiger partial charge in [0.2, 0.25) is 0 Å². The number of benzene rings is 7. The molecule has 6 heteroatoms. The van der Waals surface area contributed by atoms with Gasteiger partial charge in [-0.05, 0) is 97.1 Å². The zero-order valence-corrected chi connectivity index (χ0v) is 46.6. The molecule has 10 aromatic rings. The molecule has 0 saturated heterocycles. The molecule has 0 aliphatic rings. The molecule has 0 aliphatic heterocycles. The summed E-state index contributed by atoms with van der Waals surface area (Å²) in [7, 11) is 0. The summed E-state index contributed by atoms with van der Waals surface area (Å²) in [4.78, 5) is 5.00. The minimum absolute atomic E-state index is 0. The van der Waals surface area contributed by atoms with Gasteiger partial charge in [-0.1, -0.05) is 198 Å². The molecule has 0 saturated carbocycles. The number of ether oxygens (including phenoxy) is 1. The van der Waals surface area contributed by atoms with Gasteiger partial charge in [-0.3, -0.25) is 4.57 Å². The predicted octanol–water partition coefficient (Wildman–Crippen LogP) is 16.5. The molecule has 10 rings (SSSR count). The van der Waals surface area contributed by atoms with Crippen molar-refractivity contribution in [3.63, 3.8) is 0 Å². The Labute approximate surface area is 447 Å². The van der Waals surface area contributed by atoms with Gasteiger partial charge in [-0.25, -0.2) is 4.98 Å². The molecule has 0 fully saturated rings. The first kappa shape index (κ1) is 51.1. The standard InChI is InChI=1S/C67H66N4O.Pt/c1-45(2)56-27-19-20-28-57(56)46-35-53(70-44-69(43-62(70)65(6,7)8)52-38-50(64(3,4)5)37-51(39-52)67(11,12)48-25-17-14-18-26-48)41-55(36-46)72-54-31-32-59-58-29-21-22-30-60(58)71(61(59)42-54)63-40-49(33-34-68-63)66(9,10)47-23-15-13-16-24-47;/h13-40,43,45H,1-12H3;/q-2;. The first-order valence-corrected chi connectivity index (χ1v) is 25.4. The van der Waals surface area contributed by atoms with Crippen molar-refractivity contribution < 1.29 is 30.4 Å². The Hall–Kier alpha value is -6.81. The molecule has 0 atom stereocenters. The van der Waals surface area contributed by atoms with Crippen LogP contribution < -0.4 is 9.30 Å². The third kappa shape index (κ3) is 9.89. The Bertz CT molecular complexity index is 3600. The van der Waals surface area contributed by atoms with E-state index in [0.717, 1.165) is 55.8 Å².